The molecule has 96 valence electrons. The number of hydrogen-bond acceptors (Lipinski definition) is 3. The van der Waals surface area contributed by atoms with Crippen LogP contribution in [0.3, 0.4) is 0 Å². The highest BCUT2D eigenvalue weighted by atomic mass is 16.5. The van der Waals surface area contributed by atoms with Crippen LogP contribution in [0.25, 0.3) is 0 Å². The van der Waals surface area contributed by atoms with E-state index in [1.165, 1.54) is 7.11 Å². The van der Waals surface area contributed by atoms with Crippen molar-refractivity contribution in [2.75, 3.05) is 13.7 Å². The fourth-order valence-electron chi connectivity index (χ4n) is 2.30. The predicted molar refractivity (Wildman–Crippen MR) is 67.5 cm³/mol. The third-order valence-corrected chi connectivity index (χ3v) is 3.34. The van der Waals surface area contributed by atoms with Gasteiger partial charge >= 0.3 is 5.97 Å². The number of carbonyl (C=O) groups is 2. The molecule has 4 heteroatoms. The second-order valence-electron chi connectivity index (χ2n) is 4.56. The van der Waals surface area contributed by atoms with Crippen LogP contribution in [0.2, 0.25) is 0 Å². The zero-order valence-electron chi connectivity index (χ0n) is 10.7. The molecule has 0 aliphatic carbocycles. The number of methoxy groups -OCH3 is 1. The minimum atomic E-state index is -0.417. The summed E-state index contributed by atoms with van der Waals surface area (Å²) in [5.74, 6) is -0.426. The Labute approximate surface area is 107 Å². The molecule has 1 saturated heterocycles. The van der Waals surface area contributed by atoms with Crippen molar-refractivity contribution in [2.45, 2.75) is 25.8 Å². The van der Waals surface area contributed by atoms with E-state index < -0.39 is 5.97 Å². The van der Waals surface area contributed by atoms with Crippen molar-refractivity contribution in [1.82, 2.24) is 4.90 Å². The van der Waals surface area contributed by atoms with Gasteiger partial charge in [0.25, 0.3) is 5.91 Å². The van der Waals surface area contributed by atoms with Gasteiger partial charge in [-0.2, -0.15) is 0 Å². The number of carbonyl (C=O) groups excluding carboxylic acids is 2. The predicted octanol–water partition coefficient (Wildman–Crippen LogP) is 2.10. The Morgan fingerprint density at radius 3 is 2.67 bits per heavy atom. The summed E-state index contributed by atoms with van der Waals surface area (Å²) in [6.45, 7) is 2.84. The van der Waals surface area contributed by atoms with Crippen molar-refractivity contribution in [3.05, 3.63) is 35.4 Å². The van der Waals surface area contributed by atoms with Crippen molar-refractivity contribution < 1.29 is 14.3 Å². The van der Waals surface area contributed by atoms with Crippen LogP contribution in [-0.2, 0) is 4.74 Å². The average Bonchev–Trinajstić information content (AvgIpc) is 2.83. The Morgan fingerprint density at radius 2 is 2.06 bits per heavy atom. The highest BCUT2D eigenvalue weighted by Crippen LogP contribution is 2.20. The van der Waals surface area contributed by atoms with E-state index in [1.807, 2.05) is 4.90 Å². The van der Waals surface area contributed by atoms with Crippen LogP contribution < -0.4 is 0 Å². The fourth-order valence-corrected chi connectivity index (χ4v) is 2.30. The van der Waals surface area contributed by atoms with Crippen LogP contribution in [-0.4, -0.2) is 36.5 Å². The van der Waals surface area contributed by atoms with E-state index in [1.54, 1.807) is 24.3 Å². The quantitative estimate of drug-likeness (QED) is 0.752. The van der Waals surface area contributed by atoms with Crippen molar-refractivity contribution >= 4 is 11.9 Å². The molecule has 1 aromatic rings. The van der Waals surface area contributed by atoms with Crippen LogP contribution in [0.15, 0.2) is 24.3 Å². The zero-order chi connectivity index (χ0) is 13.1. The third kappa shape index (κ3) is 2.37. The summed E-state index contributed by atoms with van der Waals surface area (Å²) in [6, 6.07) is 6.97. The topological polar surface area (TPSA) is 46.6 Å². The number of esters is 1. The molecule has 0 aromatic heterocycles. The molecular weight excluding hydrogens is 230 g/mol. The van der Waals surface area contributed by atoms with Gasteiger partial charge in [-0.25, -0.2) is 4.79 Å². The Morgan fingerprint density at radius 1 is 1.33 bits per heavy atom. The number of benzene rings is 1. The maximum absolute atomic E-state index is 12.3. The molecular formula is C14H17NO3. The molecule has 1 amide bonds. The van der Waals surface area contributed by atoms with Gasteiger partial charge < -0.3 is 9.64 Å². The summed E-state index contributed by atoms with van der Waals surface area (Å²) in [5.41, 5.74) is 0.960. The average molecular weight is 247 g/mol. The van der Waals surface area contributed by atoms with E-state index in [0.717, 1.165) is 19.4 Å². The lowest BCUT2D eigenvalue weighted by Crippen LogP contribution is -2.33. The molecule has 0 unspecified atom stereocenters. The summed E-state index contributed by atoms with van der Waals surface area (Å²) < 4.78 is 4.65. The van der Waals surface area contributed by atoms with Crippen LogP contribution in [0, 0.1) is 0 Å². The maximum atomic E-state index is 12.3. The summed E-state index contributed by atoms with van der Waals surface area (Å²) >= 11 is 0. The molecule has 1 aromatic carbocycles. The number of nitrogens with zero attached hydrogens (tertiary/aromatic N) is 1. The number of likely N-dealkylation sites (tertiary alicyclic amines) is 1. The Bertz CT molecular complexity index is 470. The number of hydrogen-bond donors (Lipinski definition) is 0. The second-order valence-corrected chi connectivity index (χ2v) is 4.56. The standard InChI is InChI=1S/C14H17NO3/c1-10-5-4-8-15(10)13(16)11-6-3-7-12(9-11)14(17)18-2/h3,6-7,9-10H,4-5,8H2,1-2H3/t10-/m0/s1. The molecule has 0 saturated carbocycles. The van der Waals surface area contributed by atoms with Gasteiger partial charge in [0.2, 0.25) is 0 Å². The van der Waals surface area contributed by atoms with Gasteiger partial charge in [0.15, 0.2) is 0 Å². The smallest absolute Gasteiger partial charge is 0.337 e. The summed E-state index contributed by atoms with van der Waals surface area (Å²) in [4.78, 5) is 25.6. The lowest BCUT2D eigenvalue weighted by Gasteiger charge is -2.21. The molecule has 1 fully saturated rings. The van der Waals surface area contributed by atoms with E-state index in [4.69, 9.17) is 0 Å². The van der Waals surface area contributed by atoms with Crippen LogP contribution in [0.4, 0.5) is 0 Å². The first-order valence-electron chi connectivity index (χ1n) is 6.13. The number of ether oxygens (including phenoxy) is 1. The van der Waals surface area contributed by atoms with E-state index in [-0.39, 0.29) is 11.9 Å². The van der Waals surface area contributed by atoms with Crippen molar-refractivity contribution in [3.8, 4) is 0 Å². The first-order valence-corrected chi connectivity index (χ1v) is 6.13. The molecule has 18 heavy (non-hydrogen) atoms. The Hall–Kier alpha value is -1.84. The number of rotatable bonds is 2. The summed E-state index contributed by atoms with van der Waals surface area (Å²) in [7, 11) is 1.33. The fraction of sp³-hybridized carbons (Fsp3) is 0.429. The van der Waals surface area contributed by atoms with E-state index in [0.29, 0.717) is 11.1 Å². The van der Waals surface area contributed by atoms with E-state index in [9.17, 15) is 9.59 Å². The first kappa shape index (κ1) is 12.6. The maximum Gasteiger partial charge on any atom is 0.337 e. The molecule has 0 N–H and O–H groups in total. The summed E-state index contributed by atoms with van der Waals surface area (Å²) in [6.07, 6.45) is 2.09. The molecule has 0 bridgehead atoms. The molecule has 1 atom stereocenters. The SMILES string of the molecule is COC(=O)c1cccc(C(=O)N2CCC[C@@H]2C)c1. The lowest BCUT2D eigenvalue weighted by atomic mass is 10.1. The normalized spacial score (nSPS) is 18.8. The van der Waals surface area contributed by atoms with Gasteiger partial charge in [0.05, 0.1) is 12.7 Å². The van der Waals surface area contributed by atoms with Crippen molar-refractivity contribution in [2.24, 2.45) is 0 Å². The molecule has 0 spiro atoms. The van der Waals surface area contributed by atoms with Gasteiger partial charge in [0, 0.05) is 18.2 Å². The first-order chi connectivity index (χ1) is 8.63. The van der Waals surface area contributed by atoms with Gasteiger partial charge in [-0.3, -0.25) is 4.79 Å². The highest BCUT2D eigenvalue weighted by Gasteiger charge is 2.26. The Balaban J connectivity index is 2.23. The highest BCUT2D eigenvalue weighted by molar-refractivity contribution is 5.98. The summed E-state index contributed by atoms with van der Waals surface area (Å²) in [5, 5.41) is 0. The van der Waals surface area contributed by atoms with Gasteiger partial charge in [0.1, 0.15) is 0 Å². The Kier molecular flexibility index (Phi) is 3.65. The lowest BCUT2D eigenvalue weighted by molar-refractivity contribution is 0.0600. The molecule has 0 radical (unpaired) electrons. The minimum Gasteiger partial charge on any atom is -0.465 e. The van der Waals surface area contributed by atoms with Crippen LogP contribution in [0.1, 0.15) is 40.5 Å². The molecule has 4 nitrogen and oxygen atoms in total. The van der Waals surface area contributed by atoms with Crippen molar-refractivity contribution in [1.29, 1.82) is 0 Å². The molecule has 1 heterocycles. The molecule has 1 aliphatic heterocycles. The van der Waals surface area contributed by atoms with Crippen molar-refractivity contribution in [3.63, 3.8) is 0 Å². The number of amides is 1. The van der Waals surface area contributed by atoms with Gasteiger partial charge in [-0.05, 0) is 38.0 Å². The monoisotopic (exact) mass is 247 g/mol. The second kappa shape index (κ2) is 5.21. The van der Waals surface area contributed by atoms with Gasteiger partial charge in [-0.15, -0.1) is 0 Å². The van der Waals surface area contributed by atoms with Crippen LogP contribution in [0.5, 0.6) is 0 Å². The van der Waals surface area contributed by atoms with E-state index in [2.05, 4.69) is 11.7 Å². The largest absolute Gasteiger partial charge is 0.465 e. The minimum absolute atomic E-state index is 0.00856. The molecule has 2 rings (SSSR count). The van der Waals surface area contributed by atoms with Gasteiger partial charge in [-0.1, -0.05) is 6.07 Å². The third-order valence-electron chi connectivity index (χ3n) is 3.34. The zero-order valence-corrected chi connectivity index (χ0v) is 10.7. The molecule has 1 aliphatic rings. The van der Waals surface area contributed by atoms with Crippen LogP contribution >= 0.6 is 0 Å². The van der Waals surface area contributed by atoms with E-state index >= 15 is 0 Å².